The van der Waals surface area contributed by atoms with Crippen molar-refractivity contribution in [1.29, 1.82) is 0 Å². The second-order valence-electron chi connectivity index (χ2n) is 4.52. The van der Waals surface area contributed by atoms with Crippen LogP contribution in [0.1, 0.15) is 25.6 Å². The molecule has 116 valence electrons. The lowest BCUT2D eigenvalue weighted by molar-refractivity contribution is 0.100. The Morgan fingerprint density at radius 2 is 1.68 bits per heavy atom. The van der Waals surface area contributed by atoms with Crippen LogP contribution in [0.4, 0.5) is 5.00 Å². The molecule has 1 aromatic carbocycles. The van der Waals surface area contributed by atoms with Crippen LogP contribution in [-0.2, 0) is 0 Å². The number of methoxy groups -OCH3 is 2. The summed E-state index contributed by atoms with van der Waals surface area (Å²) in [5, 5.41) is 3.13. The summed E-state index contributed by atoms with van der Waals surface area (Å²) < 4.78 is 10.3. The summed E-state index contributed by atoms with van der Waals surface area (Å²) in [5.74, 6) is 0.0494. The van der Waals surface area contributed by atoms with Gasteiger partial charge in [-0.25, -0.2) is 0 Å². The molecule has 0 bridgehead atoms. The summed E-state index contributed by atoms with van der Waals surface area (Å²) in [6, 6.07) is 6.49. The Morgan fingerprint density at radius 3 is 2.18 bits per heavy atom. The molecule has 7 heteroatoms. The fourth-order valence-corrected chi connectivity index (χ4v) is 2.82. The Balaban J connectivity index is 2.31. The van der Waals surface area contributed by atoms with Crippen molar-refractivity contribution in [2.45, 2.75) is 6.92 Å². The van der Waals surface area contributed by atoms with E-state index >= 15 is 0 Å². The van der Waals surface area contributed by atoms with Crippen molar-refractivity contribution >= 4 is 28.2 Å². The molecule has 0 aliphatic rings. The normalized spacial score (nSPS) is 10.1. The van der Waals surface area contributed by atoms with Crippen LogP contribution in [-0.4, -0.2) is 26.0 Å². The lowest BCUT2D eigenvalue weighted by atomic mass is 10.2. The molecule has 22 heavy (non-hydrogen) atoms. The van der Waals surface area contributed by atoms with E-state index < -0.39 is 5.91 Å². The van der Waals surface area contributed by atoms with Crippen LogP contribution in [0.15, 0.2) is 24.3 Å². The van der Waals surface area contributed by atoms with Gasteiger partial charge in [0, 0.05) is 16.5 Å². The Labute approximate surface area is 131 Å². The SMILES string of the molecule is COc1cc(OC)cc(C(=O)Nc2sc(C)cc2C(N)=O)c1. The molecule has 0 aliphatic carbocycles. The standard InChI is InChI=1S/C15H16N2O4S/c1-8-4-12(13(16)18)15(22-8)17-14(19)9-5-10(20-2)7-11(6-9)21-3/h4-7H,1-3H3,(H2,16,18)(H,17,19). The van der Waals surface area contributed by atoms with Crippen LogP contribution in [0.3, 0.4) is 0 Å². The van der Waals surface area contributed by atoms with Crippen LogP contribution in [0.25, 0.3) is 0 Å². The number of amides is 2. The van der Waals surface area contributed by atoms with Crippen LogP contribution in [0, 0.1) is 6.92 Å². The Hall–Kier alpha value is -2.54. The second kappa shape index (κ2) is 6.48. The van der Waals surface area contributed by atoms with Crippen molar-refractivity contribution in [3.05, 3.63) is 40.3 Å². The molecule has 3 N–H and O–H groups in total. The van der Waals surface area contributed by atoms with Crippen LogP contribution < -0.4 is 20.5 Å². The van der Waals surface area contributed by atoms with Gasteiger partial charge >= 0.3 is 0 Å². The molecular weight excluding hydrogens is 304 g/mol. The van der Waals surface area contributed by atoms with Crippen molar-refractivity contribution in [3.8, 4) is 11.5 Å². The number of anilines is 1. The van der Waals surface area contributed by atoms with E-state index in [4.69, 9.17) is 15.2 Å². The number of hydrogen-bond donors (Lipinski definition) is 2. The summed E-state index contributed by atoms with van der Waals surface area (Å²) >= 11 is 1.29. The summed E-state index contributed by atoms with van der Waals surface area (Å²) in [4.78, 5) is 24.6. The lowest BCUT2D eigenvalue weighted by Gasteiger charge is -2.09. The number of primary amides is 1. The minimum absolute atomic E-state index is 0.297. The quantitative estimate of drug-likeness (QED) is 0.885. The molecule has 0 atom stereocenters. The molecule has 0 radical (unpaired) electrons. The summed E-state index contributed by atoms with van der Waals surface area (Å²) in [7, 11) is 3.01. The molecule has 2 rings (SSSR count). The van der Waals surface area contributed by atoms with Gasteiger partial charge < -0.3 is 20.5 Å². The number of benzene rings is 1. The van der Waals surface area contributed by atoms with Crippen LogP contribution in [0.5, 0.6) is 11.5 Å². The molecular formula is C15H16N2O4S. The fourth-order valence-electron chi connectivity index (χ4n) is 1.90. The average Bonchev–Trinajstić information content (AvgIpc) is 2.87. The zero-order valence-electron chi connectivity index (χ0n) is 12.4. The number of thiophene rings is 1. The minimum atomic E-state index is -0.581. The van der Waals surface area contributed by atoms with Gasteiger partial charge in [0.25, 0.3) is 11.8 Å². The van der Waals surface area contributed by atoms with Gasteiger partial charge in [0.2, 0.25) is 0 Å². The summed E-state index contributed by atoms with van der Waals surface area (Å²) in [5.41, 5.74) is 5.97. The highest BCUT2D eigenvalue weighted by atomic mass is 32.1. The topological polar surface area (TPSA) is 90.7 Å². The molecule has 2 amide bonds. The zero-order chi connectivity index (χ0) is 16.3. The highest BCUT2D eigenvalue weighted by Gasteiger charge is 2.16. The Morgan fingerprint density at radius 1 is 1.09 bits per heavy atom. The predicted octanol–water partition coefficient (Wildman–Crippen LogP) is 2.42. The number of hydrogen-bond acceptors (Lipinski definition) is 5. The molecule has 0 spiro atoms. The molecule has 0 saturated heterocycles. The maximum Gasteiger partial charge on any atom is 0.256 e. The smallest absolute Gasteiger partial charge is 0.256 e. The number of aryl methyl sites for hydroxylation is 1. The summed E-state index contributed by atoms with van der Waals surface area (Å²) in [6.45, 7) is 1.83. The van der Waals surface area contributed by atoms with Gasteiger partial charge in [-0.15, -0.1) is 11.3 Å². The predicted molar refractivity (Wildman–Crippen MR) is 85.1 cm³/mol. The van der Waals surface area contributed by atoms with E-state index in [1.54, 1.807) is 24.3 Å². The zero-order valence-corrected chi connectivity index (χ0v) is 13.2. The maximum atomic E-state index is 12.4. The highest BCUT2D eigenvalue weighted by molar-refractivity contribution is 7.16. The molecule has 2 aromatic rings. The number of carbonyl (C=O) groups excluding carboxylic acids is 2. The van der Waals surface area contributed by atoms with Gasteiger partial charge in [0.1, 0.15) is 16.5 Å². The van der Waals surface area contributed by atoms with Gasteiger partial charge in [0.05, 0.1) is 19.8 Å². The van der Waals surface area contributed by atoms with Crippen LogP contribution in [0.2, 0.25) is 0 Å². The fraction of sp³-hybridized carbons (Fsp3) is 0.200. The summed E-state index contributed by atoms with van der Waals surface area (Å²) in [6.07, 6.45) is 0. The first-order valence-electron chi connectivity index (χ1n) is 6.39. The van der Waals surface area contributed by atoms with Crippen molar-refractivity contribution in [1.82, 2.24) is 0 Å². The van der Waals surface area contributed by atoms with Crippen LogP contribution >= 0.6 is 11.3 Å². The van der Waals surface area contributed by atoms with Gasteiger partial charge in [-0.3, -0.25) is 9.59 Å². The van der Waals surface area contributed by atoms with Crippen molar-refractivity contribution in [2.24, 2.45) is 5.73 Å². The molecule has 0 saturated carbocycles. The van der Waals surface area contributed by atoms with E-state index in [0.29, 0.717) is 27.6 Å². The number of carbonyl (C=O) groups is 2. The monoisotopic (exact) mass is 320 g/mol. The van der Waals surface area contributed by atoms with Gasteiger partial charge in [-0.1, -0.05) is 0 Å². The number of ether oxygens (including phenoxy) is 2. The van der Waals surface area contributed by atoms with E-state index in [1.807, 2.05) is 6.92 Å². The molecule has 1 aromatic heterocycles. The van der Waals surface area contributed by atoms with E-state index in [-0.39, 0.29) is 5.91 Å². The second-order valence-corrected chi connectivity index (χ2v) is 5.78. The highest BCUT2D eigenvalue weighted by Crippen LogP contribution is 2.29. The molecule has 0 unspecified atom stereocenters. The van der Waals surface area contributed by atoms with E-state index in [0.717, 1.165) is 4.88 Å². The van der Waals surface area contributed by atoms with E-state index in [2.05, 4.69) is 5.32 Å². The van der Waals surface area contributed by atoms with E-state index in [9.17, 15) is 9.59 Å². The number of rotatable bonds is 5. The third-order valence-electron chi connectivity index (χ3n) is 2.96. The third-order valence-corrected chi connectivity index (χ3v) is 3.93. The number of nitrogens with one attached hydrogen (secondary N) is 1. The number of nitrogens with two attached hydrogens (primary N) is 1. The molecule has 6 nitrogen and oxygen atoms in total. The van der Waals surface area contributed by atoms with Gasteiger partial charge in [-0.05, 0) is 25.1 Å². The Bertz CT molecular complexity index is 702. The van der Waals surface area contributed by atoms with Crippen molar-refractivity contribution in [3.63, 3.8) is 0 Å². The molecule has 0 fully saturated rings. The van der Waals surface area contributed by atoms with E-state index in [1.165, 1.54) is 25.6 Å². The van der Waals surface area contributed by atoms with Crippen molar-refractivity contribution in [2.75, 3.05) is 19.5 Å². The van der Waals surface area contributed by atoms with Crippen molar-refractivity contribution < 1.29 is 19.1 Å². The first kappa shape index (κ1) is 15.8. The first-order valence-corrected chi connectivity index (χ1v) is 7.21. The molecule has 1 heterocycles. The third kappa shape index (κ3) is 3.37. The molecule has 0 aliphatic heterocycles. The van der Waals surface area contributed by atoms with Gasteiger partial charge in [-0.2, -0.15) is 0 Å². The van der Waals surface area contributed by atoms with Gasteiger partial charge in [0.15, 0.2) is 0 Å². The minimum Gasteiger partial charge on any atom is -0.497 e. The lowest BCUT2D eigenvalue weighted by Crippen LogP contribution is -2.16. The first-order chi connectivity index (χ1) is 10.4. The average molecular weight is 320 g/mol. The largest absolute Gasteiger partial charge is 0.497 e. The Kier molecular flexibility index (Phi) is 4.67. The maximum absolute atomic E-state index is 12.4.